The number of β-lactam (4-membered cyclic amide) rings is 1. The Morgan fingerprint density at radius 2 is 2.27 bits per heavy atom. The molecular formula is C17H18N8O5S3. The van der Waals surface area contributed by atoms with Crippen molar-refractivity contribution in [1.29, 1.82) is 0 Å². The van der Waals surface area contributed by atoms with Crippen molar-refractivity contribution < 1.29 is 24.3 Å². The van der Waals surface area contributed by atoms with Crippen molar-refractivity contribution in [3.8, 4) is 0 Å². The second kappa shape index (κ2) is 9.40. The van der Waals surface area contributed by atoms with E-state index < -0.39 is 29.2 Å². The molecule has 4 N–H and O–H groups in total. The first kappa shape index (κ1) is 23.1. The fourth-order valence-electron chi connectivity index (χ4n) is 3.29. The average molecular weight is 511 g/mol. The van der Waals surface area contributed by atoms with Crippen molar-refractivity contribution in [2.45, 2.75) is 16.6 Å². The van der Waals surface area contributed by atoms with Crippen LogP contribution in [0, 0.1) is 0 Å². The number of nitrogen functional groups attached to an aromatic ring is 1. The lowest BCUT2D eigenvalue weighted by Crippen LogP contribution is -2.71. The number of anilines is 1. The molecule has 2 amide bonds. The molecule has 0 aromatic carbocycles. The molecular weight excluding hydrogens is 492 g/mol. The van der Waals surface area contributed by atoms with Crippen LogP contribution in [0.1, 0.15) is 5.56 Å². The molecule has 2 atom stereocenters. The van der Waals surface area contributed by atoms with E-state index in [1.54, 1.807) is 18.5 Å². The van der Waals surface area contributed by atoms with Gasteiger partial charge in [0.15, 0.2) is 5.71 Å². The predicted octanol–water partition coefficient (Wildman–Crippen LogP) is -0.265. The number of carbonyl (C=O) groups excluding carboxylic acids is 2. The van der Waals surface area contributed by atoms with Gasteiger partial charge >= 0.3 is 5.97 Å². The molecule has 174 valence electrons. The summed E-state index contributed by atoms with van der Waals surface area (Å²) >= 11 is 3.88. The SMILES string of the molecule is CON=C(C(=O)NC1C(=O)N2C(C(=O)O)=C(CSc3nnnn3C)CSC12)c1csc(N)c1. The maximum atomic E-state index is 12.9. The summed E-state index contributed by atoms with van der Waals surface area (Å²) in [5, 5.41) is 29.5. The van der Waals surface area contributed by atoms with E-state index in [1.807, 2.05) is 0 Å². The highest BCUT2D eigenvalue weighted by Gasteiger charge is 2.54. The lowest BCUT2D eigenvalue weighted by Gasteiger charge is -2.49. The first-order valence-electron chi connectivity index (χ1n) is 9.33. The molecule has 16 heteroatoms. The lowest BCUT2D eigenvalue weighted by molar-refractivity contribution is -0.150. The Morgan fingerprint density at radius 3 is 2.88 bits per heavy atom. The number of carboxylic acid groups (broad SMARTS) is 1. The van der Waals surface area contributed by atoms with E-state index in [4.69, 9.17) is 10.6 Å². The molecule has 0 bridgehead atoms. The molecule has 4 heterocycles. The highest BCUT2D eigenvalue weighted by Crippen LogP contribution is 2.41. The summed E-state index contributed by atoms with van der Waals surface area (Å²) in [6, 6.07) is 0.681. The van der Waals surface area contributed by atoms with E-state index in [-0.39, 0.29) is 11.4 Å². The van der Waals surface area contributed by atoms with Gasteiger partial charge in [-0.05, 0) is 22.1 Å². The summed E-state index contributed by atoms with van der Waals surface area (Å²) in [5.74, 6) is -1.66. The number of oxime groups is 1. The third kappa shape index (κ3) is 4.40. The Balaban J connectivity index is 1.49. The number of thioether (sulfide) groups is 2. The zero-order valence-electron chi connectivity index (χ0n) is 17.3. The van der Waals surface area contributed by atoms with Gasteiger partial charge in [-0.15, -0.1) is 28.2 Å². The van der Waals surface area contributed by atoms with Crippen LogP contribution in [0.5, 0.6) is 0 Å². The summed E-state index contributed by atoms with van der Waals surface area (Å²) in [6.07, 6.45) is 0. The minimum absolute atomic E-state index is 0.0270. The molecule has 0 saturated carbocycles. The van der Waals surface area contributed by atoms with E-state index in [2.05, 4.69) is 26.0 Å². The first-order chi connectivity index (χ1) is 15.8. The van der Waals surface area contributed by atoms with Gasteiger partial charge in [-0.2, -0.15) is 0 Å². The fraction of sp³-hybridized carbons (Fsp3) is 0.353. The summed E-state index contributed by atoms with van der Waals surface area (Å²) in [7, 11) is 2.98. The van der Waals surface area contributed by atoms with Crippen molar-refractivity contribution in [1.82, 2.24) is 30.4 Å². The lowest BCUT2D eigenvalue weighted by atomic mass is 10.0. The standard InChI is InChI=1S/C17H18N8O5S3/c1-24-17(20-22-23-24)33-6-8-5-32-15-11(14(27)25(15)12(8)16(28)29)19-13(26)10(21-30-2)7-3-9(18)31-4-7/h3-4,11,15H,5-6,18H2,1-2H3,(H,19,26)(H,28,29). The predicted molar refractivity (Wildman–Crippen MR) is 121 cm³/mol. The maximum Gasteiger partial charge on any atom is 0.352 e. The zero-order chi connectivity index (χ0) is 23.7. The van der Waals surface area contributed by atoms with Crippen LogP contribution in [0.3, 0.4) is 0 Å². The maximum absolute atomic E-state index is 12.9. The van der Waals surface area contributed by atoms with Gasteiger partial charge < -0.3 is 21.0 Å². The monoisotopic (exact) mass is 510 g/mol. The van der Waals surface area contributed by atoms with Crippen LogP contribution < -0.4 is 11.1 Å². The smallest absolute Gasteiger partial charge is 0.352 e. The van der Waals surface area contributed by atoms with E-state index in [0.29, 0.717) is 32.8 Å². The normalized spacial score (nSPS) is 20.4. The largest absolute Gasteiger partial charge is 0.477 e. The van der Waals surface area contributed by atoms with E-state index >= 15 is 0 Å². The summed E-state index contributed by atoms with van der Waals surface area (Å²) in [5.41, 5.74) is 6.66. The molecule has 4 rings (SSSR count). The molecule has 2 aliphatic heterocycles. The Bertz CT molecular complexity index is 1180. The number of carbonyl (C=O) groups is 3. The molecule has 1 fully saturated rings. The number of nitrogens with two attached hydrogens (primary N) is 1. The molecule has 0 spiro atoms. The van der Waals surface area contributed by atoms with Gasteiger partial charge in [0.25, 0.3) is 11.8 Å². The Hall–Kier alpha value is -3.11. The van der Waals surface area contributed by atoms with Crippen LogP contribution >= 0.6 is 34.9 Å². The van der Waals surface area contributed by atoms with E-state index in [0.717, 1.165) is 0 Å². The van der Waals surface area contributed by atoms with Crippen LogP contribution in [0.4, 0.5) is 5.00 Å². The molecule has 2 unspecified atom stereocenters. The number of carboxylic acids is 1. The molecule has 2 aliphatic rings. The number of tetrazole rings is 1. The zero-order valence-corrected chi connectivity index (χ0v) is 19.7. The molecule has 33 heavy (non-hydrogen) atoms. The Kier molecular flexibility index (Phi) is 6.57. The van der Waals surface area contributed by atoms with Gasteiger partial charge in [0.05, 0.1) is 5.00 Å². The highest BCUT2D eigenvalue weighted by molar-refractivity contribution is 8.01. The van der Waals surface area contributed by atoms with Crippen LogP contribution in [0.2, 0.25) is 0 Å². The van der Waals surface area contributed by atoms with Gasteiger partial charge in [0, 0.05) is 29.5 Å². The van der Waals surface area contributed by atoms with Crippen LogP contribution in [-0.4, -0.2) is 83.7 Å². The Morgan fingerprint density at radius 1 is 1.48 bits per heavy atom. The molecule has 1 saturated heterocycles. The number of nitrogens with zero attached hydrogens (tertiary/aromatic N) is 6. The average Bonchev–Trinajstić information content (AvgIpc) is 3.40. The van der Waals surface area contributed by atoms with Crippen molar-refractivity contribution >= 4 is 63.4 Å². The number of thiophene rings is 1. The van der Waals surface area contributed by atoms with Crippen molar-refractivity contribution in [3.63, 3.8) is 0 Å². The summed E-state index contributed by atoms with van der Waals surface area (Å²) < 4.78 is 1.48. The van der Waals surface area contributed by atoms with E-state index in [1.165, 1.54) is 51.6 Å². The van der Waals surface area contributed by atoms with Gasteiger partial charge in [0.2, 0.25) is 5.16 Å². The Labute approximate surface area is 199 Å². The number of fused-ring (bicyclic) bond motifs is 1. The number of aliphatic carboxylic acids is 1. The van der Waals surface area contributed by atoms with Crippen molar-refractivity contribution in [2.24, 2.45) is 12.2 Å². The topological polar surface area (TPSA) is 178 Å². The number of hydrogen-bond donors (Lipinski definition) is 3. The number of rotatable bonds is 8. The van der Waals surface area contributed by atoms with E-state index in [9.17, 15) is 19.5 Å². The van der Waals surface area contributed by atoms with Crippen molar-refractivity contribution in [2.75, 3.05) is 24.3 Å². The van der Waals surface area contributed by atoms with Crippen LogP contribution in [0.15, 0.2) is 33.0 Å². The quantitative estimate of drug-likeness (QED) is 0.184. The number of nitrogens with one attached hydrogen (secondary N) is 1. The highest BCUT2D eigenvalue weighted by atomic mass is 32.2. The fourth-order valence-corrected chi connectivity index (χ4v) is 6.27. The van der Waals surface area contributed by atoms with Crippen LogP contribution in [0.25, 0.3) is 0 Å². The summed E-state index contributed by atoms with van der Waals surface area (Å²) in [4.78, 5) is 43.7. The molecule has 0 aliphatic carbocycles. The number of hydrogen-bond acceptors (Lipinski definition) is 12. The first-order valence-corrected chi connectivity index (χ1v) is 12.2. The minimum atomic E-state index is -1.21. The van der Waals surface area contributed by atoms with Gasteiger partial charge in [-0.3, -0.25) is 14.5 Å². The molecule has 2 aromatic heterocycles. The molecule has 2 aromatic rings. The second-order valence-corrected chi connectivity index (χ2v) is 9.84. The minimum Gasteiger partial charge on any atom is -0.477 e. The second-order valence-electron chi connectivity index (χ2n) is 6.85. The summed E-state index contributed by atoms with van der Waals surface area (Å²) in [6.45, 7) is 0. The molecule has 0 radical (unpaired) electrons. The van der Waals surface area contributed by atoms with Crippen molar-refractivity contribution in [3.05, 3.63) is 28.3 Å². The molecule has 13 nitrogen and oxygen atoms in total. The van der Waals surface area contributed by atoms with Gasteiger partial charge in [-0.1, -0.05) is 16.9 Å². The van der Waals surface area contributed by atoms with Gasteiger partial charge in [0.1, 0.15) is 24.2 Å². The van der Waals surface area contributed by atoms with Crippen LogP contribution in [-0.2, 0) is 26.3 Å². The van der Waals surface area contributed by atoms with Gasteiger partial charge in [-0.25, -0.2) is 9.48 Å². The number of aromatic nitrogens is 4. The third-order valence-corrected chi connectivity index (χ3v) is 7.98. The third-order valence-electron chi connectivity index (χ3n) is 4.78. The number of aryl methyl sites for hydroxylation is 1. The number of amides is 2.